The second kappa shape index (κ2) is 10.2. The van der Waals surface area contributed by atoms with Gasteiger partial charge in [0.05, 0.1) is 30.3 Å². The van der Waals surface area contributed by atoms with E-state index in [0.717, 1.165) is 48.0 Å². The van der Waals surface area contributed by atoms with Crippen LogP contribution in [0.25, 0.3) is 10.9 Å². The van der Waals surface area contributed by atoms with Crippen molar-refractivity contribution in [3.05, 3.63) is 52.7 Å². The number of aromatic nitrogens is 2. The molecular weight excluding hydrogens is 462 g/mol. The van der Waals surface area contributed by atoms with Gasteiger partial charge in [0.15, 0.2) is 0 Å². The molecule has 0 radical (unpaired) electrons. The van der Waals surface area contributed by atoms with E-state index in [1.54, 1.807) is 24.8 Å². The van der Waals surface area contributed by atoms with Crippen molar-refractivity contribution in [1.29, 1.82) is 0 Å². The summed E-state index contributed by atoms with van der Waals surface area (Å²) in [5, 5.41) is 21.9. The minimum absolute atomic E-state index is 0.0677. The first-order valence-electron chi connectivity index (χ1n) is 12.4. The highest BCUT2D eigenvalue weighted by Gasteiger charge is 2.41. The molecule has 3 aromatic rings. The Morgan fingerprint density at radius 2 is 2.11 bits per heavy atom. The van der Waals surface area contributed by atoms with Gasteiger partial charge >= 0.3 is 5.97 Å². The van der Waals surface area contributed by atoms with Gasteiger partial charge in [-0.2, -0.15) is 4.37 Å². The van der Waals surface area contributed by atoms with Crippen LogP contribution in [0, 0.1) is 18.8 Å². The summed E-state index contributed by atoms with van der Waals surface area (Å²) < 4.78 is 9.91. The first-order valence-corrected chi connectivity index (χ1v) is 13.2. The Kier molecular flexibility index (Phi) is 7.05. The fraction of sp³-hybridized carbons (Fsp3) is 0.519. The van der Waals surface area contributed by atoms with E-state index in [9.17, 15) is 15.0 Å². The Morgan fingerprint density at radius 1 is 1.29 bits per heavy atom. The number of aliphatic hydroxyl groups is 1. The average molecular weight is 496 g/mol. The normalized spacial score (nSPS) is 25.8. The van der Waals surface area contributed by atoms with Crippen molar-refractivity contribution in [2.45, 2.75) is 57.1 Å². The summed E-state index contributed by atoms with van der Waals surface area (Å²) in [5.41, 5.74) is 2.82. The molecule has 1 saturated heterocycles. The third-order valence-electron chi connectivity index (χ3n) is 7.95. The smallest absolute Gasteiger partial charge is 0.308 e. The maximum Gasteiger partial charge on any atom is 0.308 e. The molecule has 1 aliphatic carbocycles. The summed E-state index contributed by atoms with van der Waals surface area (Å²) in [7, 11) is 1.62. The molecule has 3 atom stereocenters. The molecule has 1 unspecified atom stereocenters. The number of aliphatic carboxylic acids is 1. The number of carboxylic acids is 1. The van der Waals surface area contributed by atoms with Gasteiger partial charge in [-0.1, -0.05) is 0 Å². The highest BCUT2D eigenvalue weighted by Crippen LogP contribution is 2.42. The van der Waals surface area contributed by atoms with Gasteiger partial charge in [0, 0.05) is 35.0 Å². The molecule has 5 rings (SSSR count). The number of likely N-dealkylation sites (tertiary alicyclic amines) is 1. The van der Waals surface area contributed by atoms with E-state index < -0.39 is 18.0 Å². The van der Waals surface area contributed by atoms with E-state index in [0.29, 0.717) is 31.3 Å². The van der Waals surface area contributed by atoms with E-state index in [2.05, 4.69) is 27.2 Å². The van der Waals surface area contributed by atoms with Gasteiger partial charge in [-0.3, -0.25) is 14.7 Å². The molecule has 2 aliphatic rings. The Morgan fingerprint density at radius 3 is 2.83 bits per heavy atom. The lowest BCUT2D eigenvalue weighted by Gasteiger charge is -2.47. The number of hydrogen-bond donors (Lipinski definition) is 2. The molecule has 0 bridgehead atoms. The lowest BCUT2D eigenvalue weighted by atomic mass is 9.74. The molecule has 2 fully saturated rings. The molecule has 8 heteroatoms. The van der Waals surface area contributed by atoms with Crippen molar-refractivity contribution in [3.63, 3.8) is 0 Å². The highest BCUT2D eigenvalue weighted by atomic mass is 32.1. The molecule has 2 N–H and O–H groups in total. The molecule has 1 aliphatic heterocycles. The predicted molar refractivity (Wildman–Crippen MR) is 136 cm³/mol. The van der Waals surface area contributed by atoms with Gasteiger partial charge in [0.1, 0.15) is 5.75 Å². The Bertz CT molecular complexity index is 1190. The average Bonchev–Trinajstić information content (AvgIpc) is 3.26. The molecular formula is C27H33N3O4S. The number of fused-ring (bicyclic) bond motifs is 1. The number of aliphatic hydroxyl groups excluding tert-OH is 1. The van der Waals surface area contributed by atoms with E-state index in [4.69, 9.17) is 4.74 Å². The van der Waals surface area contributed by atoms with Crippen LogP contribution in [0.15, 0.2) is 36.5 Å². The zero-order valence-corrected chi connectivity index (χ0v) is 21.1. The van der Waals surface area contributed by atoms with Crippen LogP contribution in [0.4, 0.5) is 0 Å². The van der Waals surface area contributed by atoms with Crippen molar-refractivity contribution in [2.24, 2.45) is 11.8 Å². The maximum absolute atomic E-state index is 12.2. The number of nitrogens with zero attached hydrogens (tertiary/aromatic N) is 3. The summed E-state index contributed by atoms with van der Waals surface area (Å²) >= 11 is 1.56. The Hall–Kier alpha value is -2.55. The number of aryl methyl sites for hydroxylation is 1. The topological polar surface area (TPSA) is 95.8 Å². The molecule has 0 amide bonds. The number of pyridine rings is 1. The van der Waals surface area contributed by atoms with Crippen LogP contribution in [-0.4, -0.2) is 56.7 Å². The van der Waals surface area contributed by atoms with E-state index in [1.807, 2.05) is 24.3 Å². The summed E-state index contributed by atoms with van der Waals surface area (Å²) in [5.74, 6) is 0.179. The quantitative estimate of drug-likeness (QED) is 0.464. The number of carboxylic acid groups (broad SMARTS) is 1. The number of ether oxygens (including phenoxy) is 1. The van der Waals surface area contributed by atoms with Crippen LogP contribution in [0.1, 0.15) is 60.3 Å². The fourth-order valence-corrected chi connectivity index (χ4v) is 6.40. The van der Waals surface area contributed by atoms with Crippen LogP contribution in [0.3, 0.4) is 0 Å². The minimum Gasteiger partial charge on any atom is -0.497 e. The summed E-state index contributed by atoms with van der Waals surface area (Å²) in [6.07, 6.45) is 5.24. The monoisotopic (exact) mass is 495 g/mol. The van der Waals surface area contributed by atoms with Crippen molar-refractivity contribution < 1.29 is 19.7 Å². The molecule has 1 saturated carbocycles. The number of piperidine rings is 1. The van der Waals surface area contributed by atoms with Crippen molar-refractivity contribution in [1.82, 2.24) is 14.3 Å². The van der Waals surface area contributed by atoms with Gasteiger partial charge in [0.2, 0.25) is 0 Å². The zero-order chi connectivity index (χ0) is 24.5. The first kappa shape index (κ1) is 24.2. The van der Waals surface area contributed by atoms with Crippen LogP contribution in [-0.2, 0) is 4.79 Å². The van der Waals surface area contributed by atoms with Gasteiger partial charge in [0.25, 0.3) is 0 Å². The molecule has 2 aromatic heterocycles. The Balaban J connectivity index is 1.20. The summed E-state index contributed by atoms with van der Waals surface area (Å²) in [4.78, 5) is 20.2. The number of benzene rings is 1. The lowest BCUT2D eigenvalue weighted by Crippen LogP contribution is -2.52. The van der Waals surface area contributed by atoms with E-state index in [-0.39, 0.29) is 5.92 Å². The predicted octanol–water partition coefficient (Wildman–Crippen LogP) is 4.79. The van der Waals surface area contributed by atoms with Crippen molar-refractivity contribution >= 4 is 28.4 Å². The third-order valence-corrected chi connectivity index (χ3v) is 8.66. The van der Waals surface area contributed by atoms with Crippen LogP contribution in [0.2, 0.25) is 0 Å². The Labute approximate surface area is 209 Å². The molecule has 7 nitrogen and oxygen atoms in total. The van der Waals surface area contributed by atoms with Crippen molar-refractivity contribution in [2.75, 3.05) is 20.2 Å². The van der Waals surface area contributed by atoms with Crippen LogP contribution < -0.4 is 4.74 Å². The number of hydrogen-bond acceptors (Lipinski definition) is 7. The van der Waals surface area contributed by atoms with Gasteiger partial charge < -0.3 is 14.9 Å². The molecule has 3 heterocycles. The standard InChI is InChI=1S/C27H33N3O4S/c1-16-11-25(29-35-16)18-12-19(13-18)30-10-8-17(23(15-30)27(32)33)3-6-26(31)21-7-9-28-24-5-4-20(34-2)14-22(21)24/h4-5,7,9,11,14,17-19,23,26,31H,3,6,8,10,12-13,15H2,1-2H3,(H,32,33)/t17-,18?,19?,23+,26?/m1/s1. The van der Waals surface area contributed by atoms with E-state index in [1.165, 1.54) is 10.6 Å². The van der Waals surface area contributed by atoms with E-state index >= 15 is 0 Å². The molecule has 0 spiro atoms. The molecule has 1 aromatic carbocycles. The van der Waals surface area contributed by atoms with Crippen molar-refractivity contribution in [3.8, 4) is 5.75 Å². The second-order valence-corrected chi connectivity index (χ2v) is 11.1. The highest BCUT2D eigenvalue weighted by molar-refractivity contribution is 7.05. The zero-order valence-electron chi connectivity index (χ0n) is 20.3. The van der Waals surface area contributed by atoms with Gasteiger partial charge in [-0.25, -0.2) is 0 Å². The number of rotatable bonds is 8. The minimum atomic E-state index is -0.723. The molecule has 186 valence electrons. The maximum atomic E-state index is 12.2. The number of carbonyl (C=O) groups is 1. The largest absolute Gasteiger partial charge is 0.497 e. The van der Waals surface area contributed by atoms with Gasteiger partial charge in [-0.05, 0) is 98.9 Å². The summed E-state index contributed by atoms with van der Waals surface area (Å²) in [6, 6.07) is 10.1. The number of methoxy groups -OCH3 is 1. The first-order chi connectivity index (χ1) is 16.9. The van der Waals surface area contributed by atoms with Gasteiger partial charge in [-0.15, -0.1) is 0 Å². The third kappa shape index (κ3) is 5.06. The second-order valence-electron chi connectivity index (χ2n) is 10.0. The van der Waals surface area contributed by atoms with Crippen LogP contribution in [0.5, 0.6) is 5.75 Å². The van der Waals surface area contributed by atoms with Crippen LogP contribution >= 0.6 is 11.5 Å². The summed E-state index contributed by atoms with van der Waals surface area (Å²) in [6.45, 7) is 3.61. The fourth-order valence-electron chi connectivity index (χ4n) is 5.78. The molecule has 35 heavy (non-hydrogen) atoms. The SMILES string of the molecule is COc1ccc2nccc(C(O)CC[C@@H]3CCN(C4CC(c5cc(C)sn5)C4)C[C@@H]3C(=O)O)c2c1. The lowest BCUT2D eigenvalue weighted by molar-refractivity contribution is -0.147.